The SMILES string of the molecule is COc1ccccc1CNCC1C=C(C)C(Cc2nnc(-c3cncn3C)o2)CC1C(C)C. The zero-order chi connectivity index (χ0) is 23.4. The van der Waals surface area contributed by atoms with Gasteiger partial charge >= 0.3 is 0 Å². The minimum atomic E-state index is 0.419. The maximum atomic E-state index is 5.98. The van der Waals surface area contributed by atoms with Crippen LogP contribution in [-0.4, -0.2) is 33.4 Å². The number of aromatic nitrogens is 4. The molecule has 7 heteroatoms. The van der Waals surface area contributed by atoms with E-state index in [4.69, 9.17) is 9.15 Å². The Morgan fingerprint density at radius 2 is 2.06 bits per heavy atom. The lowest BCUT2D eigenvalue weighted by Gasteiger charge is -2.37. The van der Waals surface area contributed by atoms with Gasteiger partial charge in [0.25, 0.3) is 5.89 Å². The summed E-state index contributed by atoms with van der Waals surface area (Å²) in [5.41, 5.74) is 3.44. The van der Waals surface area contributed by atoms with Crippen molar-refractivity contribution >= 4 is 0 Å². The van der Waals surface area contributed by atoms with Crippen LogP contribution in [0.15, 0.2) is 52.9 Å². The first kappa shape index (κ1) is 23.2. The van der Waals surface area contributed by atoms with Crippen LogP contribution >= 0.6 is 0 Å². The summed E-state index contributed by atoms with van der Waals surface area (Å²) >= 11 is 0. The highest BCUT2D eigenvalue weighted by molar-refractivity contribution is 5.44. The maximum absolute atomic E-state index is 5.98. The molecule has 3 atom stereocenters. The molecule has 1 aromatic carbocycles. The number of para-hydroxylation sites is 1. The van der Waals surface area contributed by atoms with Crippen LogP contribution in [0.3, 0.4) is 0 Å². The fraction of sp³-hybridized carbons (Fsp3) is 0.500. The number of hydrogen-bond acceptors (Lipinski definition) is 6. The van der Waals surface area contributed by atoms with E-state index in [1.165, 1.54) is 11.1 Å². The summed E-state index contributed by atoms with van der Waals surface area (Å²) in [6, 6.07) is 8.20. The Kier molecular flexibility index (Phi) is 7.28. The Morgan fingerprint density at radius 3 is 2.79 bits per heavy atom. The van der Waals surface area contributed by atoms with Gasteiger partial charge < -0.3 is 19.0 Å². The minimum absolute atomic E-state index is 0.419. The quantitative estimate of drug-likeness (QED) is 0.479. The highest BCUT2D eigenvalue weighted by atomic mass is 16.5. The molecule has 0 fully saturated rings. The molecule has 2 heterocycles. The number of nitrogens with zero attached hydrogens (tertiary/aromatic N) is 4. The molecule has 2 aromatic heterocycles. The first-order valence-electron chi connectivity index (χ1n) is 11.8. The van der Waals surface area contributed by atoms with Crippen molar-refractivity contribution in [3.05, 3.63) is 59.9 Å². The van der Waals surface area contributed by atoms with Crippen molar-refractivity contribution < 1.29 is 9.15 Å². The number of methoxy groups -OCH3 is 1. The second-order valence-electron chi connectivity index (χ2n) is 9.45. The average molecular weight is 450 g/mol. The molecule has 1 aliphatic rings. The van der Waals surface area contributed by atoms with E-state index < -0.39 is 0 Å². The number of benzene rings is 1. The third-order valence-electron chi connectivity index (χ3n) is 6.90. The summed E-state index contributed by atoms with van der Waals surface area (Å²) in [7, 11) is 3.65. The van der Waals surface area contributed by atoms with E-state index in [1.807, 2.05) is 23.7 Å². The van der Waals surface area contributed by atoms with E-state index in [2.05, 4.69) is 59.5 Å². The zero-order valence-electron chi connectivity index (χ0n) is 20.3. The van der Waals surface area contributed by atoms with Crippen molar-refractivity contribution in [1.29, 1.82) is 0 Å². The van der Waals surface area contributed by atoms with Crippen molar-refractivity contribution in [2.45, 2.75) is 40.2 Å². The lowest BCUT2D eigenvalue weighted by molar-refractivity contribution is 0.218. The summed E-state index contributed by atoms with van der Waals surface area (Å²) in [5.74, 6) is 4.28. The van der Waals surface area contributed by atoms with Gasteiger partial charge in [-0.2, -0.15) is 0 Å². The molecule has 0 saturated carbocycles. The molecular formula is C26H35N5O2. The van der Waals surface area contributed by atoms with Crippen LogP contribution < -0.4 is 10.1 Å². The van der Waals surface area contributed by atoms with E-state index in [-0.39, 0.29) is 0 Å². The van der Waals surface area contributed by atoms with E-state index in [0.717, 1.165) is 37.4 Å². The largest absolute Gasteiger partial charge is 0.496 e. The molecule has 0 bridgehead atoms. The molecule has 7 nitrogen and oxygen atoms in total. The fourth-order valence-electron chi connectivity index (χ4n) is 4.94. The first-order chi connectivity index (χ1) is 16.0. The van der Waals surface area contributed by atoms with Crippen LogP contribution in [0.1, 0.15) is 38.6 Å². The van der Waals surface area contributed by atoms with Gasteiger partial charge in [-0.3, -0.25) is 0 Å². The number of imidazole rings is 1. The number of allylic oxidation sites excluding steroid dienone is 1. The van der Waals surface area contributed by atoms with Gasteiger partial charge in [0, 0.05) is 32.1 Å². The molecule has 0 radical (unpaired) electrons. The third-order valence-corrected chi connectivity index (χ3v) is 6.90. The van der Waals surface area contributed by atoms with E-state index in [1.54, 1.807) is 19.6 Å². The Balaban J connectivity index is 1.41. The predicted octanol–water partition coefficient (Wildman–Crippen LogP) is 4.67. The second-order valence-corrected chi connectivity index (χ2v) is 9.45. The molecule has 1 aliphatic carbocycles. The van der Waals surface area contributed by atoms with Gasteiger partial charge in [0.05, 0.1) is 19.6 Å². The Morgan fingerprint density at radius 1 is 1.24 bits per heavy atom. The first-order valence-corrected chi connectivity index (χ1v) is 11.8. The standard InChI is InChI=1S/C26H35N5O2/c1-17(2)22-11-20(12-25-29-30-26(33-25)23-15-28-16-31(23)4)18(3)10-21(22)14-27-13-19-8-6-7-9-24(19)32-5/h6-10,15-17,20-22,27H,11-14H2,1-5H3. The van der Waals surface area contributed by atoms with Crippen molar-refractivity contribution in [3.8, 4) is 17.3 Å². The normalized spacial score (nSPS) is 20.8. The number of aryl methyl sites for hydroxylation is 1. The van der Waals surface area contributed by atoms with Crippen LogP contribution in [-0.2, 0) is 20.0 Å². The Hall–Kier alpha value is -2.93. The monoisotopic (exact) mass is 449 g/mol. The molecule has 0 aliphatic heterocycles. The van der Waals surface area contributed by atoms with E-state index in [9.17, 15) is 0 Å². The lowest BCUT2D eigenvalue weighted by atomic mass is 9.70. The highest BCUT2D eigenvalue weighted by Crippen LogP contribution is 2.39. The molecule has 0 spiro atoms. The second kappa shape index (κ2) is 10.3. The minimum Gasteiger partial charge on any atom is -0.496 e. The zero-order valence-corrected chi connectivity index (χ0v) is 20.3. The summed E-state index contributed by atoms with van der Waals surface area (Å²) < 4.78 is 13.4. The smallest absolute Gasteiger partial charge is 0.265 e. The predicted molar refractivity (Wildman–Crippen MR) is 129 cm³/mol. The van der Waals surface area contributed by atoms with E-state index in [0.29, 0.717) is 35.5 Å². The van der Waals surface area contributed by atoms with Crippen LogP contribution in [0.5, 0.6) is 5.75 Å². The van der Waals surface area contributed by atoms with Crippen LogP contribution in [0.4, 0.5) is 0 Å². The number of hydrogen-bond donors (Lipinski definition) is 1. The van der Waals surface area contributed by atoms with Gasteiger partial charge in [0.15, 0.2) is 0 Å². The van der Waals surface area contributed by atoms with Crippen molar-refractivity contribution in [2.75, 3.05) is 13.7 Å². The Bertz CT molecular complexity index is 1080. The molecular weight excluding hydrogens is 414 g/mol. The average Bonchev–Trinajstić information content (AvgIpc) is 3.44. The van der Waals surface area contributed by atoms with Crippen molar-refractivity contribution in [3.63, 3.8) is 0 Å². The van der Waals surface area contributed by atoms with Crippen LogP contribution in [0, 0.1) is 23.7 Å². The fourth-order valence-corrected chi connectivity index (χ4v) is 4.94. The van der Waals surface area contributed by atoms with Gasteiger partial charge in [-0.05, 0) is 43.1 Å². The van der Waals surface area contributed by atoms with Gasteiger partial charge in [-0.15, -0.1) is 10.2 Å². The number of ether oxygens (including phenoxy) is 1. The van der Waals surface area contributed by atoms with Crippen molar-refractivity contribution in [2.24, 2.45) is 30.7 Å². The molecule has 1 N–H and O–H groups in total. The lowest BCUT2D eigenvalue weighted by Crippen LogP contribution is -2.34. The topological polar surface area (TPSA) is 78.0 Å². The van der Waals surface area contributed by atoms with Gasteiger partial charge in [-0.25, -0.2) is 4.98 Å². The molecule has 3 unspecified atom stereocenters. The van der Waals surface area contributed by atoms with Gasteiger partial charge in [0.2, 0.25) is 5.89 Å². The maximum Gasteiger partial charge on any atom is 0.265 e. The summed E-state index contributed by atoms with van der Waals surface area (Å²) in [6.45, 7) is 8.66. The third kappa shape index (κ3) is 5.36. The summed E-state index contributed by atoms with van der Waals surface area (Å²) in [5, 5.41) is 12.2. The van der Waals surface area contributed by atoms with Gasteiger partial charge in [-0.1, -0.05) is 43.7 Å². The van der Waals surface area contributed by atoms with Crippen LogP contribution in [0.25, 0.3) is 11.6 Å². The molecule has 0 amide bonds. The summed E-state index contributed by atoms with van der Waals surface area (Å²) in [4.78, 5) is 4.14. The van der Waals surface area contributed by atoms with Gasteiger partial charge in [0.1, 0.15) is 11.4 Å². The number of nitrogens with one attached hydrogen (secondary N) is 1. The number of rotatable bonds is 9. The molecule has 176 valence electrons. The molecule has 3 aromatic rings. The highest BCUT2D eigenvalue weighted by Gasteiger charge is 2.32. The van der Waals surface area contributed by atoms with Crippen molar-refractivity contribution in [1.82, 2.24) is 25.1 Å². The molecule has 4 rings (SSSR count). The van der Waals surface area contributed by atoms with Crippen LogP contribution in [0.2, 0.25) is 0 Å². The van der Waals surface area contributed by atoms with E-state index >= 15 is 0 Å². The molecule has 33 heavy (non-hydrogen) atoms. The molecule has 0 saturated heterocycles. The summed E-state index contributed by atoms with van der Waals surface area (Å²) in [6.07, 6.45) is 7.86. The Labute approximate surface area is 196 Å².